The van der Waals surface area contributed by atoms with Gasteiger partial charge in [0.15, 0.2) is 0 Å². The standard InChI is InChI=1S/C8H18N2OS/c1-8(9)2-3-10-4-6-12(11)7-5-10/h8H,2-7,9H2,1H3. The zero-order chi connectivity index (χ0) is 8.97. The summed E-state index contributed by atoms with van der Waals surface area (Å²) < 4.78 is 11.0. The van der Waals surface area contributed by atoms with E-state index in [1.165, 1.54) is 0 Å². The molecule has 1 atom stereocenters. The molecule has 1 aliphatic rings. The topological polar surface area (TPSA) is 46.3 Å². The van der Waals surface area contributed by atoms with Crippen LogP contribution in [0, 0.1) is 0 Å². The molecule has 0 aromatic carbocycles. The molecule has 2 N–H and O–H groups in total. The number of nitrogens with two attached hydrogens (primary N) is 1. The maximum atomic E-state index is 11.0. The van der Waals surface area contributed by atoms with Crippen LogP contribution in [0.5, 0.6) is 0 Å². The lowest BCUT2D eigenvalue weighted by Gasteiger charge is -2.26. The summed E-state index contributed by atoms with van der Waals surface area (Å²) in [6, 6.07) is 0.289. The third-order valence-corrected chi connectivity index (χ3v) is 3.45. The summed E-state index contributed by atoms with van der Waals surface area (Å²) in [6.07, 6.45) is 1.05. The fourth-order valence-corrected chi connectivity index (χ4v) is 2.41. The van der Waals surface area contributed by atoms with Crippen molar-refractivity contribution < 1.29 is 4.21 Å². The minimum absolute atomic E-state index is 0.289. The largest absolute Gasteiger partial charge is 0.328 e. The third-order valence-electron chi connectivity index (χ3n) is 2.17. The summed E-state index contributed by atoms with van der Waals surface area (Å²) in [5.41, 5.74) is 5.65. The number of hydrogen-bond acceptors (Lipinski definition) is 3. The van der Waals surface area contributed by atoms with Crippen molar-refractivity contribution in [2.24, 2.45) is 5.73 Å². The van der Waals surface area contributed by atoms with E-state index in [0.717, 1.165) is 37.6 Å². The van der Waals surface area contributed by atoms with Gasteiger partial charge in [-0.1, -0.05) is 0 Å². The first-order valence-electron chi connectivity index (χ1n) is 4.51. The van der Waals surface area contributed by atoms with Crippen molar-refractivity contribution in [1.82, 2.24) is 4.90 Å². The van der Waals surface area contributed by atoms with Gasteiger partial charge in [0.05, 0.1) is 0 Å². The molecule has 0 amide bonds. The van der Waals surface area contributed by atoms with E-state index in [1.807, 2.05) is 6.92 Å². The molecule has 3 nitrogen and oxygen atoms in total. The minimum atomic E-state index is -0.548. The van der Waals surface area contributed by atoms with Crippen LogP contribution in [-0.4, -0.2) is 46.3 Å². The summed E-state index contributed by atoms with van der Waals surface area (Å²) in [5.74, 6) is 1.69. The second-order valence-electron chi connectivity index (χ2n) is 3.46. The Morgan fingerprint density at radius 3 is 2.58 bits per heavy atom. The summed E-state index contributed by atoms with van der Waals surface area (Å²) in [7, 11) is -0.548. The predicted molar refractivity (Wildman–Crippen MR) is 52.6 cm³/mol. The van der Waals surface area contributed by atoms with Crippen molar-refractivity contribution in [1.29, 1.82) is 0 Å². The van der Waals surface area contributed by atoms with Gasteiger partial charge in [-0.2, -0.15) is 0 Å². The lowest BCUT2D eigenvalue weighted by molar-refractivity contribution is 0.288. The van der Waals surface area contributed by atoms with Gasteiger partial charge in [0, 0.05) is 41.4 Å². The molecule has 0 saturated carbocycles. The van der Waals surface area contributed by atoms with Gasteiger partial charge in [0.25, 0.3) is 0 Å². The first kappa shape index (κ1) is 10.2. The molecule has 72 valence electrons. The monoisotopic (exact) mass is 190 g/mol. The first-order valence-corrected chi connectivity index (χ1v) is 6.00. The van der Waals surface area contributed by atoms with E-state index in [9.17, 15) is 4.21 Å². The zero-order valence-corrected chi connectivity index (χ0v) is 8.48. The molecule has 1 aliphatic heterocycles. The molecule has 4 heteroatoms. The molecule has 12 heavy (non-hydrogen) atoms. The number of nitrogens with zero attached hydrogens (tertiary/aromatic N) is 1. The van der Waals surface area contributed by atoms with Crippen molar-refractivity contribution in [3.8, 4) is 0 Å². The van der Waals surface area contributed by atoms with E-state index in [0.29, 0.717) is 0 Å². The Morgan fingerprint density at radius 1 is 1.50 bits per heavy atom. The van der Waals surface area contributed by atoms with E-state index in [1.54, 1.807) is 0 Å². The number of hydrogen-bond donors (Lipinski definition) is 1. The zero-order valence-electron chi connectivity index (χ0n) is 7.66. The Labute approximate surface area is 76.8 Å². The Bertz CT molecular complexity index is 151. The predicted octanol–water partition coefficient (Wildman–Crippen LogP) is -0.212. The highest BCUT2D eigenvalue weighted by Gasteiger charge is 2.14. The first-order chi connectivity index (χ1) is 5.68. The van der Waals surface area contributed by atoms with E-state index in [4.69, 9.17) is 5.73 Å². The second kappa shape index (κ2) is 4.94. The van der Waals surface area contributed by atoms with Crippen molar-refractivity contribution in [3.63, 3.8) is 0 Å². The highest BCUT2D eigenvalue weighted by molar-refractivity contribution is 7.85. The van der Waals surface area contributed by atoms with Crippen LogP contribution in [0.1, 0.15) is 13.3 Å². The summed E-state index contributed by atoms with van der Waals surface area (Å²) in [5, 5.41) is 0. The van der Waals surface area contributed by atoms with E-state index < -0.39 is 10.8 Å². The molecule has 1 heterocycles. The van der Waals surface area contributed by atoms with Crippen LogP contribution in [0.3, 0.4) is 0 Å². The Hall–Kier alpha value is 0.0700. The van der Waals surface area contributed by atoms with Gasteiger partial charge in [0.1, 0.15) is 0 Å². The fraction of sp³-hybridized carbons (Fsp3) is 1.00. The van der Waals surface area contributed by atoms with Crippen LogP contribution in [0.15, 0.2) is 0 Å². The van der Waals surface area contributed by atoms with Gasteiger partial charge < -0.3 is 10.6 Å². The van der Waals surface area contributed by atoms with Gasteiger partial charge in [0.2, 0.25) is 0 Å². The average molecular weight is 190 g/mol. The average Bonchev–Trinajstić information content (AvgIpc) is 2.03. The highest BCUT2D eigenvalue weighted by Crippen LogP contribution is 2.01. The smallest absolute Gasteiger partial charge is 0.0363 e. The normalized spacial score (nSPS) is 24.2. The van der Waals surface area contributed by atoms with Crippen molar-refractivity contribution in [3.05, 3.63) is 0 Å². The molecule has 0 aromatic heterocycles. The van der Waals surface area contributed by atoms with Gasteiger partial charge in [-0.05, 0) is 19.9 Å². The van der Waals surface area contributed by atoms with E-state index in [-0.39, 0.29) is 6.04 Å². The van der Waals surface area contributed by atoms with Crippen LogP contribution in [0.2, 0.25) is 0 Å². The quantitative estimate of drug-likeness (QED) is 0.670. The maximum absolute atomic E-state index is 11.0. The number of rotatable bonds is 3. The molecule has 0 spiro atoms. The Kier molecular flexibility index (Phi) is 4.18. The van der Waals surface area contributed by atoms with Crippen LogP contribution in [0.25, 0.3) is 0 Å². The highest BCUT2D eigenvalue weighted by atomic mass is 32.2. The fourth-order valence-electron chi connectivity index (χ4n) is 1.29. The van der Waals surface area contributed by atoms with Crippen LogP contribution >= 0.6 is 0 Å². The van der Waals surface area contributed by atoms with Crippen molar-refractivity contribution >= 4 is 10.8 Å². The Balaban J connectivity index is 2.13. The minimum Gasteiger partial charge on any atom is -0.328 e. The Morgan fingerprint density at radius 2 is 2.08 bits per heavy atom. The lowest BCUT2D eigenvalue weighted by Crippen LogP contribution is -2.39. The molecule has 0 radical (unpaired) electrons. The molecule has 0 aromatic rings. The van der Waals surface area contributed by atoms with Crippen LogP contribution < -0.4 is 5.73 Å². The van der Waals surface area contributed by atoms with Gasteiger partial charge in [-0.3, -0.25) is 4.21 Å². The van der Waals surface area contributed by atoms with Crippen LogP contribution in [0.4, 0.5) is 0 Å². The van der Waals surface area contributed by atoms with E-state index in [2.05, 4.69) is 4.90 Å². The van der Waals surface area contributed by atoms with Gasteiger partial charge >= 0.3 is 0 Å². The molecular formula is C8H18N2OS. The van der Waals surface area contributed by atoms with Crippen LogP contribution in [-0.2, 0) is 10.8 Å². The molecule has 0 bridgehead atoms. The molecule has 1 fully saturated rings. The van der Waals surface area contributed by atoms with Gasteiger partial charge in [-0.25, -0.2) is 0 Å². The SMILES string of the molecule is CC(N)CCN1CCS(=O)CC1. The summed E-state index contributed by atoms with van der Waals surface area (Å²) in [6.45, 7) is 5.07. The molecule has 1 unspecified atom stereocenters. The molecule has 1 rings (SSSR count). The van der Waals surface area contributed by atoms with Crippen molar-refractivity contribution in [2.75, 3.05) is 31.1 Å². The molecule has 1 saturated heterocycles. The van der Waals surface area contributed by atoms with Gasteiger partial charge in [-0.15, -0.1) is 0 Å². The molecular weight excluding hydrogens is 172 g/mol. The lowest BCUT2D eigenvalue weighted by atomic mass is 10.2. The van der Waals surface area contributed by atoms with E-state index >= 15 is 0 Å². The molecule has 0 aliphatic carbocycles. The van der Waals surface area contributed by atoms with Crippen molar-refractivity contribution in [2.45, 2.75) is 19.4 Å². The maximum Gasteiger partial charge on any atom is 0.0363 e. The second-order valence-corrected chi connectivity index (χ2v) is 5.15. The summed E-state index contributed by atoms with van der Waals surface area (Å²) >= 11 is 0. The third kappa shape index (κ3) is 3.65. The summed E-state index contributed by atoms with van der Waals surface area (Å²) in [4.78, 5) is 2.35.